The molecule has 0 aromatic rings. The van der Waals surface area contributed by atoms with Crippen LogP contribution in [0.5, 0.6) is 0 Å². The minimum Gasteiger partial charge on any atom is -0.462 e. The molecule has 2 atom stereocenters. The summed E-state index contributed by atoms with van der Waals surface area (Å²) in [7, 11) is -4.40. The predicted molar refractivity (Wildman–Crippen MR) is 358 cm³/mol. The molecule has 2 unspecified atom stereocenters. The van der Waals surface area contributed by atoms with Gasteiger partial charge in [0.15, 0.2) is 6.10 Å². The molecule has 0 saturated carbocycles. The molecule has 0 bridgehead atoms. The van der Waals surface area contributed by atoms with E-state index in [2.05, 4.69) is 111 Å². The van der Waals surface area contributed by atoms with E-state index < -0.39 is 26.5 Å². The van der Waals surface area contributed by atoms with Crippen LogP contribution in [-0.4, -0.2) is 49.3 Å². The van der Waals surface area contributed by atoms with Gasteiger partial charge in [-0.15, -0.1) is 0 Å². The maximum atomic E-state index is 12.8. The summed E-state index contributed by atoms with van der Waals surface area (Å²) in [5.74, 6) is -0.827. The van der Waals surface area contributed by atoms with Gasteiger partial charge in [-0.05, 0) is 89.9 Å². The van der Waals surface area contributed by atoms with Gasteiger partial charge in [-0.1, -0.05) is 317 Å². The summed E-state index contributed by atoms with van der Waals surface area (Å²) in [4.78, 5) is 35.3. The number of carbonyl (C=O) groups is 2. The fourth-order valence-electron chi connectivity index (χ4n) is 9.92. The maximum Gasteiger partial charge on any atom is 0.472 e. The third-order valence-electron chi connectivity index (χ3n) is 15.0. The van der Waals surface area contributed by atoms with Crippen molar-refractivity contribution in [2.75, 3.05) is 26.4 Å². The molecule has 3 N–H and O–H groups in total. The van der Waals surface area contributed by atoms with E-state index >= 15 is 0 Å². The number of phosphoric ester groups is 1. The molecule has 9 nitrogen and oxygen atoms in total. The molecule has 0 spiro atoms. The highest BCUT2D eigenvalue weighted by Gasteiger charge is 2.26. The van der Waals surface area contributed by atoms with Crippen molar-refractivity contribution in [3.63, 3.8) is 0 Å². The van der Waals surface area contributed by atoms with E-state index in [-0.39, 0.29) is 38.6 Å². The quantitative estimate of drug-likeness (QED) is 0.0264. The van der Waals surface area contributed by atoms with Gasteiger partial charge < -0.3 is 20.1 Å². The number of unbranched alkanes of at least 4 members (excludes halogenated alkanes) is 36. The second-order valence-electron chi connectivity index (χ2n) is 23.0. The molecule has 0 aromatic carbocycles. The van der Waals surface area contributed by atoms with Gasteiger partial charge in [0.2, 0.25) is 0 Å². The number of rotatable bonds is 65. The Labute approximate surface area is 512 Å². The maximum absolute atomic E-state index is 12.8. The zero-order valence-electron chi connectivity index (χ0n) is 53.9. The molecule has 0 heterocycles. The van der Waals surface area contributed by atoms with Crippen LogP contribution in [-0.2, 0) is 32.7 Å². The largest absolute Gasteiger partial charge is 0.472 e. The Morgan fingerprint density at radius 1 is 0.361 bits per heavy atom. The normalized spacial score (nSPS) is 13.5. The average Bonchev–Trinajstić information content (AvgIpc) is 3.49. The lowest BCUT2D eigenvalue weighted by Crippen LogP contribution is -2.29. The third kappa shape index (κ3) is 67.9. The highest BCUT2D eigenvalue weighted by Crippen LogP contribution is 2.43. The topological polar surface area (TPSA) is 134 Å². The van der Waals surface area contributed by atoms with Crippen LogP contribution in [0.1, 0.15) is 322 Å². The Kier molecular flexibility index (Phi) is 65.5. The average molecular weight is 1180 g/mol. The zero-order valence-corrected chi connectivity index (χ0v) is 54.8. The van der Waals surface area contributed by atoms with Crippen molar-refractivity contribution in [3.05, 3.63) is 97.2 Å². The number of ether oxygens (including phenoxy) is 2. The molecule has 83 heavy (non-hydrogen) atoms. The summed E-state index contributed by atoms with van der Waals surface area (Å²) in [6.45, 7) is 3.54. The summed E-state index contributed by atoms with van der Waals surface area (Å²) < 4.78 is 33.1. The fraction of sp³-hybridized carbons (Fsp3) is 0.753. The second kappa shape index (κ2) is 68.0. The third-order valence-corrected chi connectivity index (χ3v) is 15.9. The van der Waals surface area contributed by atoms with Crippen LogP contribution >= 0.6 is 7.82 Å². The SMILES string of the molecule is CC/C=C\C/C=C\C/C=C\C/C=C\CCCCCCCCCCCCCCCCCCCCCCCCCCCCCCC(=O)OC(COC(=O)CCCCCCCCCC/C=C\C/C=C\C/C=C\C/C=C\CC)COP(=O)(O)OCCN. The van der Waals surface area contributed by atoms with Gasteiger partial charge >= 0.3 is 19.8 Å². The number of carbonyl (C=O) groups excluding carboxylic acids is 2. The van der Waals surface area contributed by atoms with Crippen molar-refractivity contribution in [2.24, 2.45) is 5.73 Å². The van der Waals surface area contributed by atoms with Crippen LogP contribution in [0.3, 0.4) is 0 Å². The monoisotopic (exact) mass is 1180 g/mol. The number of hydrogen-bond donors (Lipinski definition) is 2. The van der Waals surface area contributed by atoms with E-state index in [0.717, 1.165) is 96.3 Å². The highest BCUT2D eigenvalue weighted by atomic mass is 31.2. The van der Waals surface area contributed by atoms with E-state index in [0.29, 0.717) is 6.42 Å². The first-order valence-electron chi connectivity index (χ1n) is 34.7. The molecule has 0 rings (SSSR count). The fourth-order valence-corrected chi connectivity index (χ4v) is 10.7. The highest BCUT2D eigenvalue weighted by molar-refractivity contribution is 7.47. The Bertz CT molecular complexity index is 1680. The van der Waals surface area contributed by atoms with Crippen LogP contribution in [0.4, 0.5) is 0 Å². The van der Waals surface area contributed by atoms with Crippen molar-refractivity contribution >= 4 is 19.8 Å². The first kappa shape index (κ1) is 79.9. The van der Waals surface area contributed by atoms with Gasteiger partial charge in [-0.25, -0.2) is 4.57 Å². The Morgan fingerprint density at radius 2 is 0.627 bits per heavy atom. The number of esters is 2. The van der Waals surface area contributed by atoms with Crippen molar-refractivity contribution in [2.45, 2.75) is 328 Å². The van der Waals surface area contributed by atoms with E-state index in [4.69, 9.17) is 24.3 Å². The van der Waals surface area contributed by atoms with E-state index in [1.807, 2.05) is 0 Å². The molecular weight excluding hydrogens is 1050 g/mol. The molecule has 0 aliphatic rings. The van der Waals surface area contributed by atoms with Gasteiger partial charge in [0.1, 0.15) is 6.61 Å². The molecule has 0 aliphatic carbocycles. The molecule has 0 aliphatic heterocycles. The molecule has 0 radical (unpaired) electrons. The van der Waals surface area contributed by atoms with Crippen LogP contribution in [0.15, 0.2) is 97.2 Å². The zero-order chi connectivity index (χ0) is 60.1. The van der Waals surface area contributed by atoms with Gasteiger partial charge in [-0.3, -0.25) is 18.6 Å². The molecule has 10 heteroatoms. The lowest BCUT2D eigenvalue weighted by Gasteiger charge is -2.19. The summed E-state index contributed by atoms with van der Waals surface area (Å²) in [6.07, 6.45) is 92.3. The summed E-state index contributed by atoms with van der Waals surface area (Å²) >= 11 is 0. The summed E-state index contributed by atoms with van der Waals surface area (Å²) in [5.41, 5.74) is 5.40. The van der Waals surface area contributed by atoms with E-state index in [1.165, 1.54) is 193 Å². The second-order valence-corrected chi connectivity index (χ2v) is 24.4. The van der Waals surface area contributed by atoms with E-state index in [1.54, 1.807) is 0 Å². The molecule has 480 valence electrons. The molecule has 0 fully saturated rings. The first-order chi connectivity index (χ1) is 40.8. The predicted octanol–water partition coefficient (Wildman–Crippen LogP) is 22.7. The van der Waals surface area contributed by atoms with Gasteiger partial charge in [0.25, 0.3) is 0 Å². The van der Waals surface area contributed by atoms with Crippen molar-refractivity contribution in [1.29, 1.82) is 0 Å². The number of allylic oxidation sites excluding steroid dienone is 16. The van der Waals surface area contributed by atoms with Gasteiger partial charge in [0.05, 0.1) is 13.2 Å². The molecule has 0 amide bonds. The van der Waals surface area contributed by atoms with Crippen LogP contribution in [0.2, 0.25) is 0 Å². The van der Waals surface area contributed by atoms with Crippen LogP contribution in [0, 0.1) is 0 Å². The number of hydrogen-bond acceptors (Lipinski definition) is 8. The van der Waals surface area contributed by atoms with Crippen LogP contribution in [0.25, 0.3) is 0 Å². The minimum atomic E-state index is -4.40. The van der Waals surface area contributed by atoms with Crippen molar-refractivity contribution in [1.82, 2.24) is 0 Å². The summed E-state index contributed by atoms with van der Waals surface area (Å²) in [6, 6.07) is 0. The minimum absolute atomic E-state index is 0.0506. The Morgan fingerprint density at radius 3 is 0.928 bits per heavy atom. The Hall–Kier alpha value is -3.07. The number of nitrogens with two attached hydrogens (primary N) is 1. The van der Waals surface area contributed by atoms with Gasteiger partial charge in [0, 0.05) is 19.4 Å². The van der Waals surface area contributed by atoms with Crippen molar-refractivity contribution in [3.8, 4) is 0 Å². The Balaban J connectivity index is 3.78. The number of phosphoric acid groups is 1. The standard InChI is InChI=1S/C73H130NO8P/c1-3-5-7-9-11-13-15-17-19-21-23-25-26-27-28-29-30-31-32-33-34-35-36-37-38-39-40-41-42-43-44-46-48-50-52-54-56-58-60-62-64-66-73(76)82-71(70-81-83(77,78)80-68-67-74)69-79-72(75)65-63-61-59-57-55-53-51-49-47-45-24-22-20-18-16-14-12-10-8-6-4-2/h5-8,11-14,17-20,23-25,45,71H,3-4,9-10,15-16,21-22,26-44,46-70,74H2,1-2H3,(H,77,78)/b7-5-,8-6-,13-11-,14-12-,19-17-,20-18-,25-23-,45-24-. The first-order valence-corrected chi connectivity index (χ1v) is 36.2. The smallest absolute Gasteiger partial charge is 0.462 e. The molecule has 0 saturated heterocycles. The summed E-state index contributed by atoms with van der Waals surface area (Å²) in [5, 5.41) is 0. The van der Waals surface area contributed by atoms with Crippen molar-refractivity contribution < 1.29 is 37.6 Å². The van der Waals surface area contributed by atoms with Gasteiger partial charge in [-0.2, -0.15) is 0 Å². The lowest BCUT2D eigenvalue weighted by atomic mass is 10.0. The lowest BCUT2D eigenvalue weighted by molar-refractivity contribution is -0.161. The van der Waals surface area contributed by atoms with E-state index in [9.17, 15) is 19.0 Å². The molecule has 0 aromatic heterocycles. The van der Waals surface area contributed by atoms with Crippen LogP contribution < -0.4 is 5.73 Å². The molecular formula is C73H130NO8P.